The summed E-state index contributed by atoms with van der Waals surface area (Å²) in [5, 5.41) is 7.12. The summed E-state index contributed by atoms with van der Waals surface area (Å²) < 4.78 is 5.24. The number of hydrogen-bond donors (Lipinski definition) is 4. The number of nitrogens with one attached hydrogen (secondary N) is 4. The molecule has 7 heteroatoms. The minimum absolute atomic E-state index is 0.461. The highest BCUT2D eigenvalue weighted by Crippen LogP contribution is 2.12. The van der Waals surface area contributed by atoms with Crippen LogP contribution in [0.4, 0.5) is 5.69 Å². The van der Waals surface area contributed by atoms with E-state index < -0.39 is 0 Å². The lowest BCUT2D eigenvalue weighted by atomic mass is 10.2. The topological polar surface area (TPSA) is 57.4 Å². The van der Waals surface area contributed by atoms with Crippen LogP contribution in [-0.2, 0) is 4.74 Å². The Bertz CT molecular complexity index is 468. The van der Waals surface area contributed by atoms with Crippen molar-refractivity contribution in [3.8, 4) is 0 Å². The number of rotatable bonds is 6. The van der Waals surface area contributed by atoms with Crippen molar-refractivity contribution in [2.45, 2.75) is 20.3 Å². The molecule has 0 aliphatic rings. The monoisotopic (exact) mass is 326 g/mol. The second-order valence-corrected chi connectivity index (χ2v) is 5.14. The van der Waals surface area contributed by atoms with Crippen LogP contribution in [0.15, 0.2) is 24.3 Å². The van der Waals surface area contributed by atoms with Gasteiger partial charge in [0, 0.05) is 25.4 Å². The first kappa shape index (κ1) is 17.6. The van der Waals surface area contributed by atoms with E-state index in [-0.39, 0.29) is 0 Å². The zero-order valence-corrected chi connectivity index (χ0v) is 14.0. The first-order chi connectivity index (χ1) is 10.1. The van der Waals surface area contributed by atoms with Crippen molar-refractivity contribution in [1.82, 2.24) is 16.2 Å². The molecule has 5 nitrogen and oxygen atoms in total. The van der Waals surface area contributed by atoms with Gasteiger partial charge in [-0.2, -0.15) is 0 Å². The summed E-state index contributed by atoms with van der Waals surface area (Å²) >= 11 is 10.3. The first-order valence-electron chi connectivity index (χ1n) is 6.87. The third kappa shape index (κ3) is 7.79. The molecule has 1 rings (SSSR count). The number of aryl methyl sites for hydroxylation is 1. The zero-order valence-electron chi connectivity index (χ0n) is 12.4. The van der Waals surface area contributed by atoms with E-state index in [0.29, 0.717) is 10.2 Å². The van der Waals surface area contributed by atoms with Gasteiger partial charge in [-0.1, -0.05) is 18.2 Å². The summed E-state index contributed by atoms with van der Waals surface area (Å²) in [6.45, 7) is 6.22. The van der Waals surface area contributed by atoms with Gasteiger partial charge in [0.25, 0.3) is 0 Å². The van der Waals surface area contributed by atoms with Crippen molar-refractivity contribution >= 4 is 40.3 Å². The molecule has 0 aromatic heterocycles. The van der Waals surface area contributed by atoms with Crippen molar-refractivity contribution in [3.63, 3.8) is 0 Å². The highest BCUT2D eigenvalue weighted by molar-refractivity contribution is 7.80. The van der Waals surface area contributed by atoms with Crippen molar-refractivity contribution < 1.29 is 4.74 Å². The molecule has 0 saturated heterocycles. The van der Waals surface area contributed by atoms with Crippen LogP contribution in [0, 0.1) is 6.92 Å². The molecule has 4 N–H and O–H groups in total. The van der Waals surface area contributed by atoms with E-state index >= 15 is 0 Å². The van der Waals surface area contributed by atoms with E-state index in [1.165, 1.54) is 0 Å². The average Bonchev–Trinajstić information content (AvgIpc) is 2.47. The molecule has 0 bridgehead atoms. The molecule has 0 radical (unpaired) electrons. The van der Waals surface area contributed by atoms with Gasteiger partial charge in [-0.3, -0.25) is 10.9 Å². The Morgan fingerprint density at radius 3 is 2.57 bits per heavy atom. The fraction of sp³-hybridized carbons (Fsp3) is 0.429. The number of benzene rings is 1. The molecule has 0 aliphatic carbocycles. The van der Waals surface area contributed by atoms with Crippen LogP contribution >= 0.6 is 24.4 Å². The van der Waals surface area contributed by atoms with Crippen LogP contribution < -0.4 is 21.5 Å². The van der Waals surface area contributed by atoms with Crippen molar-refractivity contribution in [2.75, 3.05) is 25.1 Å². The van der Waals surface area contributed by atoms with Gasteiger partial charge in [-0.25, -0.2) is 0 Å². The van der Waals surface area contributed by atoms with Crippen LogP contribution in [0.25, 0.3) is 0 Å². The van der Waals surface area contributed by atoms with Gasteiger partial charge in [0.05, 0.1) is 0 Å². The van der Waals surface area contributed by atoms with E-state index in [1.54, 1.807) is 0 Å². The van der Waals surface area contributed by atoms with E-state index in [9.17, 15) is 0 Å². The Morgan fingerprint density at radius 1 is 1.14 bits per heavy atom. The third-order valence-corrected chi connectivity index (χ3v) is 3.09. The van der Waals surface area contributed by atoms with Crippen LogP contribution in [-0.4, -0.2) is 30.0 Å². The molecule has 0 amide bonds. The van der Waals surface area contributed by atoms with E-state index in [4.69, 9.17) is 29.2 Å². The van der Waals surface area contributed by atoms with Gasteiger partial charge in [0.2, 0.25) is 0 Å². The molecular weight excluding hydrogens is 304 g/mol. The van der Waals surface area contributed by atoms with Gasteiger partial charge in [-0.05, 0) is 56.3 Å². The molecule has 0 unspecified atom stereocenters. The van der Waals surface area contributed by atoms with Gasteiger partial charge in [-0.15, -0.1) is 0 Å². The lowest BCUT2D eigenvalue weighted by Gasteiger charge is -2.15. The van der Waals surface area contributed by atoms with E-state index in [1.807, 2.05) is 38.1 Å². The maximum absolute atomic E-state index is 5.24. The van der Waals surface area contributed by atoms with Gasteiger partial charge in [0.15, 0.2) is 10.2 Å². The van der Waals surface area contributed by atoms with Gasteiger partial charge >= 0.3 is 0 Å². The maximum atomic E-state index is 5.24. The summed E-state index contributed by atoms with van der Waals surface area (Å²) in [5.41, 5.74) is 7.77. The Kier molecular flexibility index (Phi) is 8.65. The van der Waals surface area contributed by atoms with Crippen molar-refractivity contribution in [3.05, 3.63) is 29.8 Å². The Balaban J connectivity index is 2.18. The predicted octanol–water partition coefficient (Wildman–Crippen LogP) is 2.09. The molecule has 0 atom stereocenters. The van der Waals surface area contributed by atoms with E-state index in [0.717, 1.165) is 37.4 Å². The standard InChI is InChI=1S/C14H22N4OS2/c1-3-19-10-6-9-15-13(20)17-18-14(21)16-12-8-5-4-7-11(12)2/h4-5,7-8H,3,6,9-10H2,1-2H3,(H2,15,17,20)(H2,16,18,21). The summed E-state index contributed by atoms with van der Waals surface area (Å²) in [6.07, 6.45) is 0.904. The van der Waals surface area contributed by atoms with Crippen LogP contribution in [0.1, 0.15) is 18.9 Å². The van der Waals surface area contributed by atoms with Crippen molar-refractivity contribution in [1.29, 1.82) is 0 Å². The maximum Gasteiger partial charge on any atom is 0.189 e. The van der Waals surface area contributed by atoms with Crippen LogP contribution in [0.2, 0.25) is 0 Å². The molecule has 0 saturated carbocycles. The van der Waals surface area contributed by atoms with Gasteiger partial charge < -0.3 is 15.4 Å². The SMILES string of the molecule is CCOCCCNC(=S)NNC(=S)Nc1ccccc1C. The average molecular weight is 326 g/mol. The number of hydrogen-bond acceptors (Lipinski definition) is 3. The molecule has 0 aliphatic heterocycles. The summed E-state index contributed by atoms with van der Waals surface area (Å²) in [5.74, 6) is 0. The highest BCUT2D eigenvalue weighted by Gasteiger charge is 2.00. The molecule has 21 heavy (non-hydrogen) atoms. The quantitative estimate of drug-likeness (QED) is 0.363. The van der Waals surface area contributed by atoms with Crippen LogP contribution in [0.5, 0.6) is 0 Å². The summed E-state index contributed by atoms with van der Waals surface area (Å²) in [6, 6.07) is 7.92. The summed E-state index contributed by atoms with van der Waals surface area (Å²) in [4.78, 5) is 0. The number of thiocarbonyl (C=S) groups is 2. The van der Waals surface area contributed by atoms with Gasteiger partial charge in [0.1, 0.15) is 0 Å². The number of anilines is 1. The Morgan fingerprint density at radius 2 is 1.86 bits per heavy atom. The summed E-state index contributed by atoms with van der Waals surface area (Å²) in [7, 11) is 0. The zero-order chi connectivity index (χ0) is 15.5. The van der Waals surface area contributed by atoms with E-state index in [2.05, 4.69) is 21.5 Å². The Hall–Kier alpha value is -1.44. The molecule has 0 spiro atoms. The molecule has 116 valence electrons. The second-order valence-electron chi connectivity index (χ2n) is 4.33. The normalized spacial score (nSPS) is 9.81. The Labute approximate surface area is 136 Å². The third-order valence-electron chi connectivity index (χ3n) is 2.64. The lowest BCUT2D eigenvalue weighted by Crippen LogP contribution is -2.48. The highest BCUT2D eigenvalue weighted by atomic mass is 32.1. The first-order valence-corrected chi connectivity index (χ1v) is 7.69. The number of para-hydroxylation sites is 1. The molecular formula is C14H22N4OS2. The minimum Gasteiger partial charge on any atom is -0.382 e. The molecule has 0 fully saturated rings. The minimum atomic E-state index is 0.461. The molecule has 0 heterocycles. The fourth-order valence-electron chi connectivity index (χ4n) is 1.54. The fourth-order valence-corrected chi connectivity index (χ4v) is 1.86. The molecule has 1 aromatic rings. The molecule has 1 aromatic carbocycles. The number of hydrazine groups is 1. The second kappa shape index (κ2) is 10.3. The predicted molar refractivity (Wildman–Crippen MR) is 95.4 cm³/mol. The lowest BCUT2D eigenvalue weighted by molar-refractivity contribution is 0.145. The van der Waals surface area contributed by atoms with Crippen LogP contribution in [0.3, 0.4) is 0 Å². The smallest absolute Gasteiger partial charge is 0.189 e. The number of ether oxygens (including phenoxy) is 1. The van der Waals surface area contributed by atoms with Crippen molar-refractivity contribution in [2.24, 2.45) is 0 Å². The largest absolute Gasteiger partial charge is 0.382 e.